The van der Waals surface area contributed by atoms with Crippen LogP contribution in [0.1, 0.15) is 22.1 Å². The predicted octanol–water partition coefficient (Wildman–Crippen LogP) is -0.242. The van der Waals surface area contributed by atoms with Gasteiger partial charge in [0.2, 0.25) is 0 Å². The van der Waals surface area contributed by atoms with Gasteiger partial charge < -0.3 is 10.6 Å². The number of amides is 1. The molecule has 0 radical (unpaired) electrons. The number of hydrogen-bond acceptors (Lipinski definition) is 6. The number of rotatable bonds is 3. The molecule has 0 fully saturated rings. The SMILES string of the molecule is Cc1nc(CN(C)C(=O)c2ccc(N)nn2)n[nH]1. The first-order valence-electron chi connectivity index (χ1n) is 5.29. The largest absolute Gasteiger partial charge is 0.382 e. The molecule has 2 aromatic heterocycles. The van der Waals surface area contributed by atoms with Crippen molar-refractivity contribution >= 4 is 11.7 Å². The molecular formula is C10H13N7O. The van der Waals surface area contributed by atoms with Crippen molar-refractivity contribution < 1.29 is 4.79 Å². The number of nitrogen functional groups attached to an aromatic ring is 1. The van der Waals surface area contributed by atoms with Crippen LogP contribution in [-0.4, -0.2) is 43.2 Å². The fraction of sp³-hybridized carbons (Fsp3) is 0.300. The van der Waals surface area contributed by atoms with Gasteiger partial charge in [0.15, 0.2) is 11.5 Å². The van der Waals surface area contributed by atoms with Crippen LogP contribution in [0.4, 0.5) is 5.82 Å². The lowest BCUT2D eigenvalue weighted by atomic mass is 10.3. The number of hydrogen-bond donors (Lipinski definition) is 2. The van der Waals surface area contributed by atoms with Gasteiger partial charge in [0.25, 0.3) is 5.91 Å². The maximum Gasteiger partial charge on any atom is 0.274 e. The van der Waals surface area contributed by atoms with Crippen molar-refractivity contribution in [3.63, 3.8) is 0 Å². The van der Waals surface area contributed by atoms with Crippen LogP contribution >= 0.6 is 0 Å². The zero-order chi connectivity index (χ0) is 13.1. The molecule has 0 aliphatic heterocycles. The van der Waals surface area contributed by atoms with Gasteiger partial charge in [0.1, 0.15) is 11.6 Å². The lowest BCUT2D eigenvalue weighted by molar-refractivity contribution is 0.0774. The summed E-state index contributed by atoms with van der Waals surface area (Å²) in [5, 5.41) is 14.0. The minimum absolute atomic E-state index is 0.235. The molecule has 0 unspecified atom stereocenters. The Bertz CT molecular complexity index is 548. The molecule has 0 aliphatic carbocycles. The third-order valence-corrected chi connectivity index (χ3v) is 2.27. The lowest BCUT2D eigenvalue weighted by Gasteiger charge is -2.13. The number of nitrogens with two attached hydrogens (primary N) is 1. The van der Waals surface area contributed by atoms with Crippen LogP contribution in [0.25, 0.3) is 0 Å². The highest BCUT2D eigenvalue weighted by Gasteiger charge is 2.15. The number of aryl methyl sites for hydroxylation is 1. The molecule has 0 saturated heterocycles. The predicted molar refractivity (Wildman–Crippen MR) is 63.4 cm³/mol. The highest BCUT2D eigenvalue weighted by Crippen LogP contribution is 2.04. The Labute approximate surface area is 103 Å². The number of carbonyl (C=O) groups excluding carboxylic acids is 1. The topological polar surface area (TPSA) is 114 Å². The molecule has 0 aromatic carbocycles. The van der Waals surface area contributed by atoms with Gasteiger partial charge in [-0.25, -0.2) is 4.98 Å². The summed E-state index contributed by atoms with van der Waals surface area (Å²) in [6, 6.07) is 3.06. The van der Waals surface area contributed by atoms with Gasteiger partial charge in [-0.1, -0.05) is 0 Å². The molecule has 8 nitrogen and oxygen atoms in total. The maximum absolute atomic E-state index is 12.0. The molecule has 1 amide bonds. The van der Waals surface area contributed by atoms with E-state index in [2.05, 4.69) is 25.4 Å². The molecule has 0 saturated carbocycles. The van der Waals surface area contributed by atoms with Crippen LogP contribution in [0.5, 0.6) is 0 Å². The summed E-state index contributed by atoms with van der Waals surface area (Å²) in [6.07, 6.45) is 0. The normalized spacial score (nSPS) is 10.3. The monoisotopic (exact) mass is 247 g/mol. The van der Waals surface area contributed by atoms with Gasteiger partial charge in [0.05, 0.1) is 6.54 Å². The van der Waals surface area contributed by atoms with Crippen molar-refractivity contribution in [1.29, 1.82) is 0 Å². The van der Waals surface area contributed by atoms with Crippen molar-refractivity contribution in [2.45, 2.75) is 13.5 Å². The van der Waals surface area contributed by atoms with Gasteiger partial charge in [0, 0.05) is 7.05 Å². The second kappa shape index (κ2) is 4.78. The van der Waals surface area contributed by atoms with Crippen molar-refractivity contribution in [1.82, 2.24) is 30.3 Å². The van der Waals surface area contributed by atoms with Crippen molar-refractivity contribution in [3.05, 3.63) is 29.5 Å². The minimum Gasteiger partial charge on any atom is -0.382 e. The number of anilines is 1. The summed E-state index contributed by atoms with van der Waals surface area (Å²) in [4.78, 5) is 17.6. The van der Waals surface area contributed by atoms with Gasteiger partial charge in [-0.15, -0.1) is 10.2 Å². The molecule has 8 heteroatoms. The van der Waals surface area contributed by atoms with Crippen LogP contribution in [0, 0.1) is 6.92 Å². The summed E-state index contributed by atoms with van der Waals surface area (Å²) >= 11 is 0. The maximum atomic E-state index is 12.0. The fourth-order valence-electron chi connectivity index (χ4n) is 1.40. The Morgan fingerprint density at radius 1 is 1.44 bits per heavy atom. The zero-order valence-electron chi connectivity index (χ0n) is 10.1. The summed E-state index contributed by atoms with van der Waals surface area (Å²) in [7, 11) is 1.64. The second-order valence-corrected chi connectivity index (χ2v) is 3.84. The first-order chi connectivity index (χ1) is 8.56. The van der Waals surface area contributed by atoms with E-state index in [0.717, 1.165) is 0 Å². The Morgan fingerprint density at radius 3 is 2.78 bits per heavy atom. The van der Waals surface area contributed by atoms with E-state index in [9.17, 15) is 4.79 Å². The number of aromatic amines is 1. The van der Waals surface area contributed by atoms with Crippen LogP contribution in [0.3, 0.4) is 0 Å². The molecule has 0 spiro atoms. The summed E-state index contributed by atoms with van der Waals surface area (Å²) in [6.45, 7) is 2.10. The zero-order valence-corrected chi connectivity index (χ0v) is 10.1. The highest BCUT2D eigenvalue weighted by molar-refractivity contribution is 5.91. The van der Waals surface area contributed by atoms with E-state index in [1.807, 2.05) is 0 Å². The third kappa shape index (κ3) is 2.59. The summed E-state index contributed by atoms with van der Waals surface area (Å²) in [5.41, 5.74) is 5.64. The smallest absolute Gasteiger partial charge is 0.274 e. The van der Waals surface area contributed by atoms with Crippen LogP contribution in [-0.2, 0) is 6.54 Å². The molecule has 2 heterocycles. The van der Waals surface area contributed by atoms with Gasteiger partial charge in [-0.05, 0) is 19.1 Å². The van der Waals surface area contributed by atoms with E-state index < -0.39 is 0 Å². The Morgan fingerprint density at radius 2 is 2.22 bits per heavy atom. The molecule has 0 atom stereocenters. The average molecular weight is 247 g/mol. The molecule has 2 aromatic rings. The highest BCUT2D eigenvalue weighted by atomic mass is 16.2. The molecule has 0 bridgehead atoms. The quantitative estimate of drug-likeness (QED) is 0.773. The number of carbonyl (C=O) groups is 1. The molecule has 18 heavy (non-hydrogen) atoms. The Kier molecular flexibility index (Phi) is 3.18. The first kappa shape index (κ1) is 12.0. The number of aromatic nitrogens is 5. The van der Waals surface area contributed by atoms with E-state index in [-0.39, 0.29) is 17.4 Å². The fourth-order valence-corrected chi connectivity index (χ4v) is 1.40. The number of nitrogens with one attached hydrogen (secondary N) is 1. The van der Waals surface area contributed by atoms with Crippen LogP contribution < -0.4 is 5.73 Å². The molecular weight excluding hydrogens is 234 g/mol. The standard InChI is InChI=1S/C10H13N7O/c1-6-12-9(16-13-6)5-17(2)10(18)7-3-4-8(11)15-14-7/h3-4H,5H2,1-2H3,(H2,11,15)(H,12,13,16). The van der Waals surface area contributed by atoms with Crippen LogP contribution in [0.15, 0.2) is 12.1 Å². The number of H-pyrrole nitrogens is 1. The van der Waals surface area contributed by atoms with Crippen molar-refractivity contribution in [2.24, 2.45) is 0 Å². The lowest BCUT2D eigenvalue weighted by Crippen LogP contribution is -2.27. The van der Waals surface area contributed by atoms with Gasteiger partial charge in [-0.2, -0.15) is 5.10 Å². The van der Waals surface area contributed by atoms with Crippen LogP contribution in [0.2, 0.25) is 0 Å². The van der Waals surface area contributed by atoms with E-state index in [1.165, 1.54) is 17.0 Å². The van der Waals surface area contributed by atoms with Crippen molar-refractivity contribution in [2.75, 3.05) is 12.8 Å². The van der Waals surface area contributed by atoms with Crippen molar-refractivity contribution in [3.8, 4) is 0 Å². The number of nitrogens with zero attached hydrogens (tertiary/aromatic N) is 5. The molecule has 94 valence electrons. The molecule has 3 N–H and O–H groups in total. The van der Waals surface area contributed by atoms with Gasteiger partial charge in [-0.3, -0.25) is 9.89 Å². The third-order valence-electron chi connectivity index (χ3n) is 2.27. The van der Waals surface area contributed by atoms with E-state index in [1.54, 1.807) is 14.0 Å². The molecule has 2 rings (SSSR count). The Balaban J connectivity index is 2.07. The average Bonchev–Trinajstić information content (AvgIpc) is 2.75. The summed E-state index contributed by atoms with van der Waals surface area (Å²) in [5.74, 6) is 1.27. The molecule has 0 aliphatic rings. The van der Waals surface area contributed by atoms with E-state index >= 15 is 0 Å². The van der Waals surface area contributed by atoms with E-state index in [0.29, 0.717) is 18.2 Å². The first-order valence-corrected chi connectivity index (χ1v) is 5.29. The second-order valence-electron chi connectivity index (χ2n) is 3.84. The Hall–Kier alpha value is -2.51. The minimum atomic E-state index is -0.259. The van der Waals surface area contributed by atoms with E-state index in [4.69, 9.17) is 5.73 Å². The van der Waals surface area contributed by atoms with Gasteiger partial charge >= 0.3 is 0 Å². The summed E-state index contributed by atoms with van der Waals surface area (Å²) < 4.78 is 0.